The lowest BCUT2D eigenvalue weighted by molar-refractivity contribution is 0.234. The molecule has 68 heavy (non-hydrogen) atoms. The van der Waals surface area contributed by atoms with E-state index in [0.717, 1.165) is 99.3 Å². The maximum Gasteiger partial charge on any atom is 0.203 e. The van der Waals surface area contributed by atoms with Crippen LogP contribution in [0.25, 0.3) is 0 Å². The lowest BCUT2D eigenvalue weighted by Crippen LogP contribution is -2.08. The van der Waals surface area contributed by atoms with Gasteiger partial charge in [0.1, 0.15) is 24.7 Å². The first-order valence-corrected chi connectivity index (χ1v) is 24.9. The van der Waals surface area contributed by atoms with E-state index in [2.05, 4.69) is 75.2 Å². The first-order valence-electron chi connectivity index (χ1n) is 24.9. The van der Waals surface area contributed by atoms with Crippen LogP contribution in [0.15, 0.2) is 85.5 Å². The Morgan fingerprint density at radius 3 is 0.926 bits per heavy atom. The van der Waals surface area contributed by atoms with Gasteiger partial charge in [-0.05, 0) is 98.2 Å². The fraction of sp³-hybridized carbons (Fsp3) is 0.448. The van der Waals surface area contributed by atoms with Gasteiger partial charge in [-0.3, -0.25) is 9.97 Å². The van der Waals surface area contributed by atoms with E-state index in [4.69, 9.17) is 37.9 Å². The van der Waals surface area contributed by atoms with E-state index in [1.165, 1.54) is 0 Å². The molecular weight excluding hydrogens is 853 g/mol. The molecule has 0 aliphatic carbocycles. The van der Waals surface area contributed by atoms with Gasteiger partial charge >= 0.3 is 0 Å². The van der Waals surface area contributed by atoms with Crippen molar-refractivity contribution in [2.45, 2.75) is 132 Å². The van der Waals surface area contributed by atoms with Gasteiger partial charge in [0.25, 0.3) is 0 Å². The van der Waals surface area contributed by atoms with E-state index in [1.807, 2.05) is 60.7 Å². The number of benzene rings is 3. The third kappa shape index (κ3) is 17.6. The molecule has 0 atom stereocenters. The van der Waals surface area contributed by atoms with Gasteiger partial charge in [-0.25, -0.2) is 0 Å². The summed E-state index contributed by atoms with van der Waals surface area (Å²) < 4.78 is 51.7. The Labute approximate surface area is 406 Å². The molecule has 5 rings (SSSR count). The smallest absolute Gasteiger partial charge is 0.203 e. The molecule has 0 amide bonds. The zero-order chi connectivity index (χ0) is 48.0. The van der Waals surface area contributed by atoms with Crippen LogP contribution in [0.3, 0.4) is 0 Å². The molecule has 3 aromatic carbocycles. The van der Waals surface area contributed by atoms with Gasteiger partial charge in [0.15, 0.2) is 23.0 Å². The van der Waals surface area contributed by atoms with Gasteiger partial charge in [-0.1, -0.05) is 104 Å². The van der Waals surface area contributed by atoms with Crippen LogP contribution in [0.4, 0.5) is 0 Å². The fourth-order valence-electron chi connectivity index (χ4n) is 6.55. The Balaban J connectivity index is 1.59. The predicted molar refractivity (Wildman–Crippen MR) is 271 cm³/mol. The van der Waals surface area contributed by atoms with Crippen molar-refractivity contribution < 1.29 is 37.9 Å². The van der Waals surface area contributed by atoms with Gasteiger partial charge in [0.05, 0.1) is 50.8 Å². The lowest BCUT2D eigenvalue weighted by Gasteiger charge is -2.20. The molecule has 0 saturated carbocycles. The highest BCUT2D eigenvalue weighted by Crippen LogP contribution is 2.42. The van der Waals surface area contributed by atoms with Crippen LogP contribution < -0.4 is 37.9 Å². The fourth-order valence-corrected chi connectivity index (χ4v) is 6.55. The second kappa shape index (κ2) is 30.7. The Morgan fingerprint density at radius 1 is 0.338 bits per heavy atom. The minimum atomic E-state index is 0.194. The molecule has 0 aliphatic rings. The highest BCUT2D eigenvalue weighted by molar-refractivity contribution is 5.61. The number of rotatable bonds is 30. The predicted octanol–water partition coefficient (Wildman–Crippen LogP) is 13.5. The van der Waals surface area contributed by atoms with Crippen molar-refractivity contribution in [3.8, 4) is 69.7 Å². The van der Waals surface area contributed by atoms with Gasteiger partial charge in [0, 0.05) is 48.0 Å². The molecule has 362 valence electrons. The van der Waals surface area contributed by atoms with Crippen molar-refractivity contribution in [1.82, 2.24) is 9.97 Å². The van der Waals surface area contributed by atoms with E-state index >= 15 is 0 Å². The summed E-state index contributed by atoms with van der Waals surface area (Å²) in [6.07, 6.45) is 18.5. The van der Waals surface area contributed by atoms with Gasteiger partial charge < -0.3 is 37.9 Å². The molecule has 0 aliphatic heterocycles. The van der Waals surface area contributed by atoms with Crippen LogP contribution in [-0.4, -0.2) is 49.6 Å². The Bertz CT molecular complexity index is 2140. The first kappa shape index (κ1) is 52.4. The van der Waals surface area contributed by atoms with Crippen molar-refractivity contribution in [2.75, 3.05) is 39.6 Å². The quantitative estimate of drug-likeness (QED) is 0.0327. The number of nitrogens with zero attached hydrogens (tertiary/aromatic N) is 2. The number of hydrogen-bond acceptors (Lipinski definition) is 10. The molecule has 0 N–H and O–H groups in total. The van der Waals surface area contributed by atoms with E-state index < -0.39 is 0 Å². The van der Waals surface area contributed by atoms with Gasteiger partial charge in [-0.2, -0.15) is 0 Å². The second-order valence-corrected chi connectivity index (χ2v) is 16.4. The van der Waals surface area contributed by atoms with E-state index in [-0.39, 0.29) is 13.2 Å². The maximum absolute atomic E-state index is 6.75. The van der Waals surface area contributed by atoms with Crippen molar-refractivity contribution in [1.29, 1.82) is 0 Å². The molecule has 2 aromatic heterocycles. The summed E-state index contributed by atoms with van der Waals surface area (Å²) in [6, 6.07) is 19.3. The van der Waals surface area contributed by atoms with Gasteiger partial charge in [0.2, 0.25) is 11.5 Å². The lowest BCUT2D eigenvalue weighted by atomic mass is 10.1. The molecule has 0 spiro atoms. The molecule has 10 nitrogen and oxygen atoms in total. The molecule has 10 heteroatoms. The zero-order valence-corrected chi connectivity index (χ0v) is 41.4. The van der Waals surface area contributed by atoms with Gasteiger partial charge in [-0.15, -0.1) is 0 Å². The monoisotopic (exact) mass is 925 g/mol. The SMILES string of the molecule is CCCCOc1cc(COc2cc(C#Cc3ccncc3)c(OCc3cc(OCCCC)c(OCCCC)c(OCCCC)c3)cc2C#Cc2ccncc2)cc(OCCCC)c1OCCCC. The Hall–Kier alpha value is -6.52. The highest BCUT2D eigenvalue weighted by atomic mass is 16.5. The summed E-state index contributed by atoms with van der Waals surface area (Å²) >= 11 is 0. The minimum absolute atomic E-state index is 0.194. The molecule has 0 radical (unpaired) electrons. The van der Waals surface area contributed by atoms with Crippen LogP contribution in [0.2, 0.25) is 0 Å². The zero-order valence-electron chi connectivity index (χ0n) is 41.4. The summed E-state index contributed by atoms with van der Waals surface area (Å²) in [5.41, 5.74) is 4.58. The van der Waals surface area contributed by atoms with Crippen LogP contribution in [0.5, 0.6) is 46.0 Å². The number of ether oxygens (including phenoxy) is 8. The number of aromatic nitrogens is 2. The summed E-state index contributed by atoms with van der Waals surface area (Å²) in [5, 5.41) is 0. The van der Waals surface area contributed by atoms with Crippen molar-refractivity contribution in [3.63, 3.8) is 0 Å². The molecule has 5 aromatic rings. The van der Waals surface area contributed by atoms with Crippen LogP contribution in [-0.2, 0) is 13.2 Å². The van der Waals surface area contributed by atoms with Crippen molar-refractivity contribution >= 4 is 0 Å². The molecule has 2 heterocycles. The summed E-state index contributed by atoms with van der Waals surface area (Å²) in [6.45, 7) is 16.7. The van der Waals surface area contributed by atoms with E-state index in [0.29, 0.717) is 96.8 Å². The third-order valence-corrected chi connectivity index (χ3v) is 10.6. The van der Waals surface area contributed by atoms with Crippen molar-refractivity contribution in [3.05, 3.63) is 119 Å². The number of hydrogen-bond donors (Lipinski definition) is 0. The molecule has 0 unspecified atom stereocenters. The largest absolute Gasteiger partial charge is 0.490 e. The van der Waals surface area contributed by atoms with Crippen molar-refractivity contribution in [2.24, 2.45) is 0 Å². The van der Waals surface area contributed by atoms with Crippen LogP contribution in [0.1, 0.15) is 152 Å². The normalized spacial score (nSPS) is 10.6. The highest BCUT2D eigenvalue weighted by Gasteiger charge is 2.20. The van der Waals surface area contributed by atoms with Crippen LogP contribution >= 0.6 is 0 Å². The molecule has 0 bridgehead atoms. The number of pyridine rings is 2. The molecular formula is C58H72N2O8. The Morgan fingerprint density at radius 2 is 0.632 bits per heavy atom. The average molecular weight is 925 g/mol. The first-order chi connectivity index (χ1) is 33.5. The topological polar surface area (TPSA) is 99.6 Å². The molecule has 0 saturated heterocycles. The average Bonchev–Trinajstić information content (AvgIpc) is 3.36. The second-order valence-electron chi connectivity index (χ2n) is 16.4. The molecule has 0 fully saturated rings. The summed E-state index contributed by atoms with van der Waals surface area (Å²) in [5.74, 6) is 18.3. The number of unbranched alkanes of at least 4 members (excludes halogenated alkanes) is 6. The minimum Gasteiger partial charge on any atom is -0.490 e. The summed E-state index contributed by atoms with van der Waals surface area (Å²) in [4.78, 5) is 8.37. The standard InChI is InChI=1S/C58H72N2O8/c1-7-13-31-61-53-37-47(38-54(62-32-14-8-2)57(53)65-35-17-11-5)43-67-51-41-50(22-20-46-25-29-60-30-26-46)52(42-49(51)21-19-45-23-27-59-28-24-45)68-44-48-39-55(63-33-15-9-3)58(66-36-18-12-6)56(40-48)64-34-16-10-4/h23-30,37-42H,7-18,31-36,43-44H2,1-6H3. The third-order valence-electron chi connectivity index (χ3n) is 10.6. The maximum atomic E-state index is 6.75. The van der Waals surface area contributed by atoms with E-state index in [9.17, 15) is 0 Å². The summed E-state index contributed by atoms with van der Waals surface area (Å²) in [7, 11) is 0. The van der Waals surface area contributed by atoms with E-state index in [1.54, 1.807) is 24.8 Å². The Kier molecular flexibility index (Phi) is 23.7. The van der Waals surface area contributed by atoms with Crippen LogP contribution in [0, 0.1) is 23.7 Å².